The van der Waals surface area contributed by atoms with Gasteiger partial charge in [-0.1, -0.05) is 44.2 Å². The molecule has 2 aromatic carbocycles. The molecule has 3 N–H and O–H groups in total. The predicted molar refractivity (Wildman–Crippen MR) is 102 cm³/mol. The lowest BCUT2D eigenvalue weighted by atomic mass is 9.81. The monoisotopic (exact) mass is 350 g/mol. The van der Waals surface area contributed by atoms with Crippen molar-refractivity contribution in [2.45, 2.75) is 33.2 Å². The lowest BCUT2D eigenvalue weighted by Crippen LogP contribution is -2.45. The van der Waals surface area contributed by atoms with Crippen LogP contribution in [0.25, 0.3) is 10.8 Å². The molecule has 0 saturated heterocycles. The number of benzene rings is 2. The Morgan fingerprint density at radius 3 is 2.42 bits per heavy atom. The first-order chi connectivity index (χ1) is 11.1. The Morgan fingerprint density at radius 2 is 1.83 bits per heavy atom. The zero-order chi connectivity index (χ0) is 16.9. The van der Waals surface area contributed by atoms with Crippen molar-refractivity contribution in [1.29, 1.82) is 0 Å². The Kier molecular flexibility index (Phi) is 7.52. The number of carbonyl (C=O) groups is 1. The predicted octanol–water partition coefficient (Wildman–Crippen LogP) is 3.65. The van der Waals surface area contributed by atoms with Gasteiger partial charge in [0.15, 0.2) is 0 Å². The summed E-state index contributed by atoms with van der Waals surface area (Å²) in [5, 5.41) is 5.29. The average Bonchev–Trinajstić information content (AvgIpc) is 2.61. The van der Waals surface area contributed by atoms with Crippen molar-refractivity contribution in [2.75, 3.05) is 13.7 Å². The largest absolute Gasteiger partial charge is 0.496 e. The van der Waals surface area contributed by atoms with E-state index in [1.165, 1.54) is 0 Å². The molecule has 0 bridgehead atoms. The molecule has 2 aromatic rings. The summed E-state index contributed by atoms with van der Waals surface area (Å²) in [4.78, 5) is 12.6. The third kappa shape index (κ3) is 3.82. The van der Waals surface area contributed by atoms with Crippen molar-refractivity contribution in [3.05, 3.63) is 42.0 Å². The molecule has 0 spiro atoms. The third-order valence-corrected chi connectivity index (χ3v) is 4.87. The highest BCUT2D eigenvalue weighted by molar-refractivity contribution is 5.89. The van der Waals surface area contributed by atoms with Gasteiger partial charge in [0.25, 0.3) is 0 Å². The van der Waals surface area contributed by atoms with Crippen molar-refractivity contribution in [2.24, 2.45) is 11.1 Å². The molecule has 0 atom stereocenters. The maximum absolute atomic E-state index is 12.6. The summed E-state index contributed by atoms with van der Waals surface area (Å²) >= 11 is 0. The number of ether oxygens (including phenoxy) is 1. The first-order valence-corrected chi connectivity index (χ1v) is 8.14. The van der Waals surface area contributed by atoms with Crippen LogP contribution in [-0.4, -0.2) is 19.6 Å². The molecular formula is C19H27ClN2O2. The van der Waals surface area contributed by atoms with Crippen molar-refractivity contribution >= 4 is 29.1 Å². The molecule has 0 fully saturated rings. The van der Waals surface area contributed by atoms with Crippen LogP contribution in [0.4, 0.5) is 0 Å². The van der Waals surface area contributed by atoms with Crippen molar-refractivity contribution in [3.63, 3.8) is 0 Å². The van der Waals surface area contributed by atoms with E-state index in [-0.39, 0.29) is 18.3 Å². The van der Waals surface area contributed by atoms with Crippen LogP contribution in [-0.2, 0) is 11.3 Å². The fourth-order valence-electron chi connectivity index (χ4n) is 3.00. The van der Waals surface area contributed by atoms with Gasteiger partial charge in [0, 0.05) is 18.7 Å². The van der Waals surface area contributed by atoms with E-state index in [2.05, 4.69) is 17.4 Å². The molecule has 0 aliphatic heterocycles. The molecule has 1 amide bonds. The second-order valence-electron chi connectivity index (χ2n) is 5.84. The van der Waals surface area contributed by atoms with Gasteiger partial charge in [0.2, 0.25) is 5.91 Å². The summed E-state index contributed by atoms with van der Waals surface area (Å²) in [6, 6.07) is 12.1. The molecular weight excluding hydrogens is 324 g/mol. The van der Waals surface area contributed by atoms with Crippen LogP contribution in [0.5, 0.6) is 5.75 Å². The molecule has 0 heterocycles. The quantitative estimate of drug-likeness (QED) is 0.801. The van der Waals surface area contributed by atoms with Gasteiger partial charge in [-0.05, 0) is 29.7 Å². The summed E-state index contributed by atoms with van der Waals surface area (Å²) in [6.07, 6.45) is 1.47. The van der Waals surface area contributed by atoms with Crippen LogP contribution < -0.4 is 15.8 Å². The van der Waals surface area contributed by atoms with E-state index >= 15 is 0 Å². The summed E-state index contributed by atoms with van der Waals surface area (Å²) in [6.45, 7) is 4.81. The molecule has 132 valence electrons. The highest BCUT2D eigenvalue weighted by Crippen LogP contribution is 2.29. The van der Waals surface area contributed by atoms with Crippen LogP contribution in [0.2, 0.25) is 0 Å². The smallest absolute Gasteiger partial charge is 0.227 e. The fourth-order valence-corrected chi connectivity index (χ4v) is 3.00. The van der Waals surface area contributed by atoms with Crippen LogP contribution in [0.3, 0.4) is 0 Å². The zero-order valence-electron chi connectivity index (χ0n) is 14.6. The van der Waals surface area contributed by atoms with Crippen molar-refractivity contribution < 1.29 is 9.53 Å². The molecule has 0 unspecified atom stereocenters. The third-order valence-electron chi connectivity index (χ3n) is 4.87. The molecule has 0 aliphatic carbocycles. The first kappa shape index (κ1) is 20.3. The van der Waals surface area contributed by atoms with E-state index < -0.39 is 5.41 Å². The molecule has 24 heavy (non-hydrogen) atoms. The number of nitrogens with one attached hydrogen (secondary N) is 1. The van der Waals surface area contributed by atoms with Crippen LogP contribution >= 0.6 is 12.4 Å². The van der Waals surface area contributed by atoms with Crippen molar-refractivity contribution in [3.8, 4) is 5.75 Å². The van der Waals surface area contributed by atoms with Gasteiger partial charge >= 0.3 is 0 Å². The van der Waals surface area contributed by atoms with Gasteiger partial charge < -0.3 is 15.8 Å². The normalized spacial score (nSPS) is 11.0. The van der Waals surface area contributed by atoms with E-state index in [4.69, 9.17) is 10.5 Å². The average molecular weight is 351 g/mol. The number of hydrogen-bond acceptors (Lipinski definition) is 3. The Morgan fingerprint density at radius 1 is 1.17 bits per heavy atom. The molecule has 5 heteroatoms. The lowest BCUT2D eigenvalue weighted by molar-refractivity contribution is -0.131. The fraction of sp³-hybridized carbons (Fsp3) is 0.421. The number of methoxy groups -OCH3 is 1. The summed E-state index contributed by atoms with van der Waals surface area (Å²) < 4.78 is 5.47. The minimum absolute atomic E-state index is 0. The molecule has 0 aliphatic rings. The van der Waals surface area contributed by atoms with Gasteiger partial charge in [-0.2, -0.15) is 0 Å². The molecule has 0 radical (unpaired) electrons. The minimum Gasteiger partial charge on any atom is -0.496 e. The van der Waals surface area contributed by atoms with E-state index in [1.807, 2.05) is 38.1 Å². The first-order valence-electron chi connectivity index (χ1n) is 8.14. The van der Waals surface area contributed by atoms with Crippen molar-refractivity contribution in [1.82, 2.24) is 5.32 Å². The Labute approximate surface area is 150 Å². The maximum atomic E-state index is 12.6. The van der Waals surface area contributed by atoms with Crippen LogP contribution in [0.1, 0.15) is 32.3 Å². The van der Waals surface area contributed by atoms with Gasteiger partial charge in [0.05, 0.1) is 12.5 Å². The molecule has 0 aromatic heterocycles. The summed E-state index contributed by atoms with van der Waals surface area (Å²) in [5.74, 6) is 0.801. The van der Waals surface area contributed by atoms with E-state index in [9.17, 15) is 4.79 Å². The highest BCUT2D eigenvalue weighted by Gasteiger charge is 2.33. The van der Waals surface area contributed by atoms with E-state index in [1.54, 1.807) is 7.11 Å². The number of carbonyl (C=O) groups excluding carboxylic acids is 1. The van der Waals surface area contributed by atoms with Gasteiger partial charge in [-0.25, -0.2) is 0 Å². The zero-order valence-corrected chi connectivity index (χ0v) is 15.4. The Bertz CT molecular complexity index is 676. The van der Waals surface area contributed by atoms with Crippen LogP contribution in [0.15, 0.2) is 36.4 Å². The van der Waals surface area contributed by atoms with Crippen LogP contribution in [0, 0.1) is 5.41 Å². The van der Waals surface area contributed by atoms with Gasteiger partial charge in [0.1, 0.15) is 5.75 Å². The number of halogens is 1. The maximum Gasteiger partial charge on any atom is 0.227 e. The highest BCUT2D eigenvalue weighted by atomic mass is 35.5. The second kappa shape index (κ2) is 8.90. The molecule has 2 rings (SSSR count). The number of rotatable bonds is 7. The standard InChI is InChI=1S/C19H26N2O2.ClH/c1-4-19(5-2,13-20)18(22)21-12-16-15-9-7-6-8-14(15)10-11-17(16)23-3;/h6-11H,4-5,12-13,20H2,1-3H3,(H,21,22);1H. The number of nitrogens with two attached hydrogens (primary N) is 1. The summed E-state index contributed by atoms with van der Waals surface area (Å²) in [7, 11) is 1.65. The second-order valence-corrected chi connectivity index (χ2v) is 5.84. The SMILES string of the molecule is CCC(CC)(CN)C(=O)NCc1c(OC)ccc2ccccc12.Cl. The van der Waals surface area contributed by atoms with E-state index in [0.29, 0.717) is 13.1 Å². The number of hydrogen-bond donors (Lipinski definition) is 2. The topological polar surface area (TPSA) is 64.4 Å². The Balaban J connectivity index is 0.00000288. The van der Waals surface area contributed by atoms with Gasteiger partial charge in [-0.15, -0.1) is 12.4 Å². The minimum atomic E-state index is -0.488. The number of fused-ring (bicyclic) bond motifs is 1. The lowest BCUT2D eigenvalue weighted by Gasteiger charge is -2.28. The Hall–Kier alpha value is -1.78. The summed E-state index contributed by atoms with van der Waals surface area (Å²) in [5.41, 5.74) is 6.37. The molecule has 4 nitrogen and oxygen atoms in total. The molecule has 0 saturated carbocycles. The van der Waals surface area contributed by atoms with Gasteiger partial charge in [-0.3, -0.25) is 4.79 Å². The number of amides is 1. The van der Waals surface area contributed by atoms with E-state index in [0.717, 1.165) is 34.9 Å².